The molecule has 1 heterocycles. The molecule has 0 bridgehead atoms. The predicted octanol–water partition coefficient (Wildman–Crippen LogP) is 1.81. The first-order valence-electron chi connectivity index (χ1n) is 4.34. The zero-order chi connectivity index (χ0) is 9.26. The van der Waals surface area contributed by atoms with Crippen LogP contribution in [0.25, 0.3) is 0 Å². The number of methoxy groups -OCH3 is 1. The molecule has 1 aliphatic heterocycles. The highest BCUT2D eigenvalue weighted by molar-refractivity contribution is 5.57. The minimum Gasteiger partial charge on any atom is -0.383 e. The topological polar surface area (TPSA) is 21.3 Å². The molecule has 1 N–H and O–H groups in total. The van der Waals surface area contributed by atoms with Gasteiger partial charge in [-0.15, -0.1) is 0 Å². The Morgan fingerprint density at radius 2 is 2.46 bits per heavy atom. The molecule has 0 aliphatic carbocycles. The van der Waals surface area contributed by atoms with Crippen LogP contribution in [-0.2, 0) is 11.2 Å². The van der Waals surface area contributed by atoms with Crippen LogP contribution in [0.5, 0.6) is 0 Å². The average molecular weight is 181 g/mol. The number of ether oxygens (including phenoxy) is 1. The van der Waals surface area contributed by atoms with Crippen molar-refractivity contribution in [3.63, 3.8) is 0 Å². The van der Waals surface area contributed by atoms with Crippen molar-refractivity contribution in [3.05, 3.63) is 29.6 Å². The largest absolute Gasteiger partial charge is 0.383 e. The lowest BCUT2D eigenvalue weighted by Crippen LogP contribution is -2.21. The number of halogens is 1. The zero-order valence-electron chi connectivity index (χ0n) is 7.51. The molecule has 70 valence electrons. The van der Waals surface area contributed by atoms with E-state index in [0.717, 1.165) is 17.7 Å². The van der Waals surface area contributed by atoms with E-state index >= 15 is 0 Å². The summed E-state index contributed by atoms with van der Waals surface area (Å²) in [5, 5.41) is 3.21. The van der Waals surface area contributed by atoms with Crippen LogP contribution in [-0.4, -0.2) is 19.8 Å². The van der Waals surface area contributed by atoms with Crippen LogP contribution >= 0.6 is 0 Å². The molecule has 1 aliphatic rings. The standard InChI is InChI=1S/C10H12FNO/c1-13-6-7-5-8-9(11)3-2-4-10(8)12-7/h2-4,7,12H,5-6H2,1H3/t7-/m1/s1. The average Bonchev–Trinajstić information content (AvgIpc) is 2.49. The third-order valence-electron chi connectivity index (χ3n) is 2.30. The number of hydrogen-bond donors (Lipinski definition) is 1. The van der Waals surface area contributed by atoms with E-state index < -0.39 is 0 Å². The van der Waals surface area contributed by atoms with Crippen LogP contribution in [0, 0.1) is 5.82 Å². The predicted molar refractivity (Wildman–Crippen MR) is 49.4 cm³/mol. The van der Waals surface area contributed by atoms with E-state index in [1.165, 1.54) is 6.07 Å². The fraction of sp³-hybridized carbons (Fsp3) is 0.400. The van der Waals surface area contributed by atoms with Gasteiger partial charge in [0.1, 0.15) is 5.82 Å². The van der Waals surface area contributed by atoms with Gasteiger partial charge in [0.2, 0.25) is 0 Å². The van der Waals surface area contributed by atoms with E-state index in [-0.39, 0.29) is 11.9 Å². The summed E-state index contributed by atoms with van der Waals surface area (Å²) in [6.45, 7) is 0.619. The Morgan fingerprint density at radius 1 is 1.62 bits per heavy atom. The molecule has 1 aromatic carbocycles. The first-order chi connectivity index (χ1) is 6.31. The molecule has 2 rings (SSSR count). The maximum absolute atomic E-state index is 13.2. The van der Waals surface area contributed by atoms with E-state index in [9.17, 15) is 4.39 Å². The van der Waals surface area contributed by atoms with Gasteiger partial charge in [0, 0.05) is 18.4 Å². The van der Waals surface area contributed by atoms with E-state index in [2.05, 4.69) is 5.32 Å². The molecule has 0 amide bonds. The fourth-order valence-corrected chi connectivity index (χ4v) is 1.72. The Balaban J connectivity index is 2.20. The minimum atomic E-state index is -0.122. The number of nitrogens with one attached hydrogen (secondary N) is 1. The van der Waals surface area contributed by atoms with E-state index in [1.54, 1.807) is 13.2 Å². The van der Waals surface area contributed by atoms with Gasteiger partial charge >= 0.3 is 0 Å². The highest BCUT2D eigenvalue weighted by Crippen LogP contribution is 2.27. The SMILES string of the molecule is COC[C@H]1Cc2c(F)cccc2N1. The summed E-state index contributed by atoms with van der Waals surface area (Å²) in [5.41, 5.74) is 1.69. The molecule has 3 heteroatoms. The van der Waals surface area contributed by atoms with Crippen LogP contribution in [0.1, 0.15) is 5.56 Å². The lowest BCUT2D eigenvalue weighted by molar-refractivity contribution is 0.187. The van der Waals surface area contributed by atoms with Gasteiger partial charge in [-0.05, 0) is 18.6 Å². The van der Waals surface area contributed by atoms with Crippen molar-refractivity contribution in [1.29, 1.82) is 0 Å². The Hall–Kier alpha value is -1.09. The Kier molecular flexibility index (Phi) is 2.19. The first-order valence-corrected chi connectivity index (χ1v) is 4.34. The fourth-order valence-electron chi connectivity index (χ4n) is 1.72. The molecule has 0 fully saturated rings. The Bertz CT molecular complexity index is 314. The molecule has 0 unspecified atom stereocenters. The molecule has 2 nitrogen and oxygen atoms in total. The van der Waals surface area contributed by atoms with E-state index in [0.29, 0.717) is 6.61 Å². The van der Waals surface area contributed by atoms with Gasteiger partial charge in [0.25, 0.3) is 0 Å². The van der Waals surface area contributed by atoms with Gasteiger partial charge in [-0.25, -0.2) is 4.39 Å². The summed E-state index contributed by atoms with van der Waals surface area (Å²) in [5.74, 6) is -0.122. The molecule has 1 aromatic rings. The van der Waals surface area contributed by atoms with Crippen LogP contribution in [0.15, 0.2) is 18.2 Å². The van der Waals surface area contributed by atoms with Crippen LogP contribution in [0.2, 0.25) is 0 Å². The molecule has 1 atom stereocenters. The summed E-state index contributed by atoms with van der Waals surface area (Å²) < 4.78 is 18.2. The maximum atomic E-state index is 13.2. The van der Waals surface area contributed by atoms with Gasteiger partial charge in [-0.3, -0.25) is 0 Å². The number of hydrogen-bond acceptors (Lipinski definition) is 2. The molecule has 0 spiro atoms. The minimum absolute atomic E-state index is 0.122. The zero-order valence-corrected chi connectivity index (χ0v) is 7.51. The maximum Gasteiger partial charge on any atom is 0.128 e. The summed E-state index contributed by atoms with van der Waals surface area (Å²) in [4.78, 5) is 0. The van der Waals surface area contributed by atoms with Gasteiger partial charge in [0.15, 0.2) is 0 Å². The lowest BCUT2D eigenvalue weighted by Gasteiger charge is -2.08. The number of anilines is 1. The molecular weight excluding hydrogens is 169 g/mol. The third kappa shape index (κ3) is 1.52. The van der Waals surface area contributed by atoms with Crippen molar-refractivity contribution >= 4 is 5.69 Å². The van der Waals surface area contributed by atoms with E-state index in [1.807, 2.05) is 6.07 Å². The monoisotopic (exact) mass is 181 g/mol. The van der Waals surface area contributed by atoms with Crippen molar-refractivity contribution in [1.82, 2.24) is 0 Å². The first kappa shape index (κ1) is 8.51. The van der Waals surface area contributed by atoms with Crippen molar-refractivity contribution in [3.8, 4) is 0 Å². The smallest absolute Gasteiger partial charge is 0.128 e. The molecule has 0 saturated carbocycles. The lowest BCUT2D eigenvalue weighted by atomic mass is 10.1. The van der Waals surface area contributed by atoms with Gasteiger partial charge in [0.05, 0.1) is 12.6 Å². The van der Waals surface area contributed by atoms with Crippen LogP contribution in [0.3, 0.4) is 0 Å². The second kappa shape index (κ2) is 3.34. The molecule has 0 radical (unpaired) electrons. The van der Waals surface area contributed by atoms with E-state index in [4.69, 9.17) is 4.74 Å². The molecule has 0 aromatic heterocycles. The van der Waals surface area contributed by atoms with Gasteiger partial charge in [-0.1, -0.05) is 6.07 Å². The summed E-state index contributed by atoms with van der Waals surface area (Å²) in [6, 6.07) is 5.33. The molecule has 13 heavy (non-hydrogen) atoms. The Morgan fingerprint density at radius 3 is 3.15 bits per heavy atom. The number of rotatable bonds is 2. The van der Waals surface area contributed by atoms with Crippen molar-refractivity contribution < 1.29 is 9.13 Å². The molecular formula is C10H12FNO. The highest BCUT2D eigenvalue weighted by atomic mass is 19.1. The Labute approximate surface area is 76.7 Å². The normalized spacial score (nSPS) is 19.7. The summed E-state index contributed by atoms with van der Waals surface area (Å²) >= 11 is 0. The number of benzene rings is 1. The second-order valence-corrected chi connectivity index (χ2v) is 3.27. The van der Waals surface area contributed by atoms with Crippen molar-refractivity contribution in [2.75, 3.05) is 19.0 Å². The summed E-state index contributed by atoms with van der Waals surface area (Å²) in [7, 11) is 1.65. The van der Waals surface area contributed by atoms with Crippen LogP contribution in [0.4, 0.5) is 10.1 Å². The quantitative estimate of drug-likeness (QED) is 0.751. The van der Waals surface area contributed by atoms with Crippen LogP contribution < -0.4 is 5.32 Å². The van der Waals surface area contributed by atoms with Gasteiger partial charge in [-0.2, -0.15) is 0 Å². The number of fused-ring (bicyclic) bond motifs is 1. The van der Waals surface area contributed by atoms with Crippen molar-refractivity contribution in [2.45, 2.75) is 12.5 Å². The third-order valence-corrected chi connectivity index (χ3v) is 2.30. The highest BCUT2D eigenvalue weighted by Gasteiger charge is 2.22. The molecule has 0 saturated heterocycles. The summed E-state index contributed by atoms with van der Waals surface area (Å²) in [6.07, 6.45) is 0.718. The van der Waals surface area contributed by atoms with Gasteiger partial charge < -0.3 is 10.1 Å². The second-order valence-electron chi connectivity index (χ2n) is 3.27. The van der Waals surface area contributed by atoms with Crippen molar-refractivity contribution in [2.24, 2.45) is 0 Å².